The quantitative estimate of drug-likeness (QED) is 0.619. The molecule has 0 fully saturated rings. The van der Waals surface area contributed by atoms with E-state index in [0.29, 0.717) is 32.7 Å². The fraction of sp³-hybridized carbons (Fsp3) is 0.769. The Morgan fingerprint density at radius 3 is 2.70 bits per heavy atom. The average Bonchev–Trinajstić information content (AvgIpc) is 2.78. The van der Waals surface area contributed by atoms with Crippen LogP contribution in [-0.2, 0) is 21.6 Å². The first-order valence-electron chi connectivity index (χ1n) is 6.65. The standard InChI is InChI=1S/C13H24BrN3O3/c1-13(18,4-5-15-6-8-19-2)12-11(14)10-16-17(12)7-9-20-3/h10,15,18H,4-9H2,1-3H3. The van der Waals surface area contributed by atoms with Crippen LogP contribution in [-0.4, -0.2) is 55.4 Å². The monoisotopic (exact) mass is 349 g/mol. The minimum Gasteiger partial charge on any atom is -0.384 e. The topological polar surface area (TPSA) is 68.5 Å². The van der Waals surface area contributed by atoms with E-state index in [4.69, 9.17) is 9.47 Å². The molecule has 6 nitrogen and oxygen atoms in total. The van der Waals surface area contributed by atoms with Crippen LogP contribution in [0.1, 0.15) is 19.0 Å². The molecule has 1 atom stereocenters. The van der Waals surface area contributed by atoms with Crippen molar-refractivity contribution in [3.8, 4) is 0 Å². The highest BCUT2D eigenvalue weighted by molar-refractivity contribution is 9.10. The van der Waals surface area contributed by atoms with E-state index >= 15 is 0 Å². The van der Waals surface area contributed by atoms with Gasteiger partial charge in [-0.3, -0.25) is 4.68 Å². The van der Waals surface area contributed by atoms with Crippen LogP contribution in [0.25, 0.3) is 0 Å². The highest BCUT2D eigenvalue weighted by atomic mass is 79.9. The predicted molar refractivity (Wildman–Crippen MR) is 80.7 cm³/mol. The summed E-state index contributed by atoms with van der Waals surface area (Å²) < 4.78 is 12.6. The van der Waals surface area contributed by atoms with Gasteiger partial charge in [-0.05, 0) is 35.8 Å². The molecule has 0 bridgehead atoms. The van der Waals surface area contributed by atoms with E-state index in [1.54, 1.807) is 32.0 Å². The number of methoxy groups -OCH3 is 2. The third-order valence-electron chi connectivity index (χ3n) is 3.08. The first kappa shape index (κ1) is 17.6. The van der Waals surface area contributed by atoms with E-state index in [1.165, 1.54) is 0 Å². The molecule has 1 unspecified atom stereocenters. The second-order valence-corrected chi connectivity index (χ2v) is 5.68. The molecular weight excluding hydrogens is 326 g/mol. The third-order valence-corrected chi connectivity index (χ3v) is 3.66. The maximum atomic E-state index is 10.7. The number of nitrogens with zero attached hydrogens (tertiary/aromatic N) is 2. The highest BCUT2D eigenvalue weighted by Gasteiger charge is 2.29. The minimum atomic E-state index is -0.955. The minimum absolute atomic E-state index is 0.559. The number of rotatable bonds is 10. The molecule has 0 aliphatic rings. The summed E-state index contributed by atoms with van der Waals surface area (Å²) in [7, 11) is 3.32. The van der Waals surface area contributed by atoms with Crippen molar-refractivity contribution in [3.05, 3.63) is 16.4 Å². The average molecular weight is 350 g/mol. The van der Waals surface area contributed by atoms with Crippen molar-refractivity contribution in [1.29, 1.82) is 0 Å². The Kier molecular flexibility index (Phi) is 7.68. The number of hydrogen-bond donors (Lipinski definition) is 2. The fourth-order valence-electron chi connectivity index (χ4n) is 1.99. The second kappa shape index (κ2) is 8.74. The fourth-order valence-corrected chi connectivity index (χ4v) is 2.72. The van der Waals surface area contributed by atoms with E-state index in [2.05, 4.69) is 26.3 Å². The van der Waals surface area contributed by atoms with Crippen molar-refractivity contribution >= 4 is 15.9 Å². The summed E-state index contributed by atoms with van der Waals surface area (Å²) in [4.78, 5) is 0. The summed E-state index contributed by atoms with van der Waals surface area (Å²) in [6, 6.07) is 0. The summed E-state index contributed by atoms with van der Waals surface area (Å²) >= 11 is 3.45. The van der Waals surface area contributed by atoms with Gasteiger partial charge in [0.1, 0.15) is 5.60 Å². The van der Waals surface area contributed by atoms with E-state index in [9.17, 15) is 5.11 Å². The number of hydrogen-bond acceptors (Lipinski definition) is 5. The van der Waals surface area contributed by atoms with Gasteiger partial charge in [-0.1, -0.05) is 0 Å². The molecule has 1 heterocycles. The van der Waals surface area contributed by atoms with Gasteiger partial charge in [0.25, 0.3) is 0 Å². The molecule has 0 radical (unpaired) electrons. The lowest BCUT2D eigenvalue weighted by Crippen LogP contribution is -2.32. The molecule has 0 spiro atoms. The number of aliphatic hydroxyl groups is 1. The number of nitrogens with one attached hydrogen (secondary N) is 1. The number of ether oxygens (including phenoxy) is 2. The van der Waals surface area contributed by atoms with E-state index in [1.807, 2.05) is 0 Å². The normalized spacial score (nSPS) is 14.4. The summed E-state index contributed by atoms with van der Waals surface area (Å²) in [5.41, 5.74) is -0.175. The summed E-state index contributed by atoms with van der Waals surface area (Å²) in [6.45, 7) is 5.12. The van der Waals surface area contributed by atoms with Gasteiger partial charge in [0.2, 0.25) is 0 Å². The predicted octanol–water partition coefficient (Wildman–Crippen LogP) is 1.13. The Hall–Kier alpha value is -0.470. The van der Waals surface area contributed by atoms with E-state index in [0.717, 1.165) is 16.7 Å². The van der Waals surface area contributed by atoms with E-state index < -0.39 is 5.60 Å². The zero-order valence-corrected chi connectivity index (χ0v) is 13.9. The van der Waals surface area contributed by atoms with Crippen molar-refractivity contribution < 1.29 is 14.6 Å². The molecule has 0 aliphatic carbocycles. The zero-order chi connectivity index (χ0) is 15.0. The summed E-state index contributed by atoms with van der Waals surface area (Å²) in [6.07, 6.45) is 2.30. The van der Waals surface area contributed by atoms with Crippen molar-refractivity contribution in [3.63, 3.8) is 0 Å². The molecule has 116 valence electrons. The van der Waals surface area contributed by atoms with Gasteiger partial charge >= 0.3 is 0 Å². The first-order valence-corrected chi connectivity index (χ1v) is 7.45. The van der Waals surface area contributed by atoms with Gasteiger partial charge in [0.15, 0.2) is 0 Å². The maximum Gasteiger partial charge on any atom is 0.106 e. The smallest absolute Gasteiger partial charge is 0.106 e. The number of aromatic nitrogens is 2. The molecule has 0 saturated heterocycles. The van der Waals surface area contributed by atoms with Crippen molar-refractivity contribution in [2.75, 3.05) is 40.5 Å². The molecular formula is C13H24BrN3O3. The third kappa shape index (κ3) is 5.14. The van der Waals surface area contributed by atoms with Gasteiger partial charge in [0.05, 0.1) is 36.1 Å². The molecule has 7 heteroatoms. The molecule has 1 rings (SSSR count). The Bertz CT molecular complexity index is 396. The Morgan fingerprint density at radius 1 is 1.35 bits per heavy atom. The molecule has 2 N–H and O–H groups in total. The van der Waals surface area contributed by atoms with Crippen LogP contribution in [0.2, 0.25) is 0 Å². The summed E-state index contributed by atoms with van der Waals surface area (Å²) in [5.74, 6) is 0. The van der Waals surface area contributed by atoms with Crippen molar-refractivity contribution in [2.24, 2.45) is 0 Å². The SMILES string of the molecule is COCCNCCC(C)(O)c1c(Br)cnn1CCOC. The molecule has 0 amide bonds. The van der Waals surface area contributed by atoms with Crippen LogP contribution >= 0.6 is 15.9 Å². The molecule has 1 aromatic heterocycles. The second-order valence-electron chi connectivity index (χ2n) is 4.82. The van der Waals surface area contributed by atoms with E-state index in [-0.39, 0.29) is 0 Å². The lowest BCUT2D eigenvalue weighted by molar-refractivity contribution is 0.0358. The Balaban J connectivity index is 2.63. The lowest BCUT2D eigenvalue weighted by Gasteiger charge is -2.25. The Morgan fingerprint density at radius 2 is 2.05 bits per heavy atom. The summed E-state index contributed by atoms with van der Waals surface area (Å²) in [5, 5.41) is 18.2. The molecule has 0 saturated carbocycles. The van der Waals surface area contributed by atoms with Gasteiger partial charge in [-0.25, -0.2) is 0 Å². The van der Waals surface area contributed by atoms with Gasteiger partial charge in [0, 0.05) is 20.8 Å². The highest BCUT2D eigenvalue weighted by Crippen LogP contribution is 2.30. The zero-order valence-electron chi connectivity index (χ0n) is 12.4. The van der Waals surface area contributed by atoms with Crippen LogP contribution < -0.4 is 5.32 Å². The number of halogens is 1. The van der Waals surface area contributed by atoms with Crippen molar-refractivity contribution in [2.45, 2.75) is 25.5 Å². The maximum absolute atomic E-state index is 10.7. The van der Waals surface area contributed by atoms with Gasteiger partial charge in [-0.15, -0.1) is 0 Å². The molecule has 0 aromatic carbocycles. The van der Waals surface area contributed by atoms with Crippen molar-refractivity contribution in [1.82, 2.24) is 15.1 Å². The van der Waals surface area contributed by atoms with Gasteiger partial charge in [-0.2, -0.15) is 5.10 Å². The van der Waals surface area contributed by atoms with Crippen LogP contribution in [0.3, 0.4) is 0 Å². The van der Waals surface area contributed by atoms with Crippen LogP contribution in [0.15, 0.2) is 10.7 Å². The first-order chi connectivity index (χ1) is 9.53. The Labute approximate surface area is 128 Å². The lowest BCUT2D eigenvalue weighted by atomic mass is 9.98. The molecule has 20 heavy (non-hydrogen) atoms. The van der Waals surface area contributed by atoms with Crippen LogP contribution in [0.4, 0.5) is 0 Å². The molecule has 1 aromatic rings. The van der Waals surface area contributed by atoms with Crippen LogP contribution in [0, 0.1) is 0 Å². The van der Waals surface area contributed by atoms with Crippen LogP contribution in [0.5, 0.6) is 0 Å². The van der Waals surface area contributed by atoms with Gasteiger partial charge < -0.3 is 19.9 Å². The molecule has 0 aliphatic heterocycles. The largest absolute Gasteiger partial charge is 0.384 e.